The van der Waals surface area contributed by atoms with E-state index >= 15 is 0 Å². The molecule has 0 aromatic rings. The van der Waals surface area contributed by atoms with Gasteiger partial charge in [0.25, 0.3) is 0 Å². The molecule has 3 unspecified atom stereocenters. The van der Waals surface area contributed by atoms with E-state index in [1.54, 1.807) is 0 Å². The number of hydrazine groups is 2. The van der Waals surface area contributed by atoms with Gasteiger partial charge in [-0.3, -0.25) is 0 Å². The Morgan fingerprint density at radius 3 is 2.41 bits per heavy atom. The first kappa shape index (κ1) is 12.1. The van der Waals surface area contributed by atoms with E-state index < -0.39 is 12.1 Å². The normalized spacial score (nSPS) is 34.6. The quantitative estimate of drug-likeness (QED) is 0.658. The molecule has 0 spiro atoms. The van der Waals surface area contributed by atoms with Gasteiger partial charge in [-0.05, 0) is 25.7 Å². The van der Waals surface area contributed by atoms with Crippen molar-refractivity contribution in [3.05, 3.63) is 12.2 Å². The molecule has 5 nitrogen and oxygen atoms in total. The third kappa shape index (κ3) is 2.83. The Labute approximate surface area is 102 Å². The Hall–Kier alpha value is -1.40. The molecule has 2 aliphatic rings. The van der Waals surface area contributed by atoms with Crippen molar-refractivity contribution in [3.8, 4) is 12.1 Å². The number of hydrogen-bond acceptors (Lipinski definition) is 5. The van der Waals surface area contributed by atoms with Crippen molar-refractivity contribution >= 4 is 0 Å². The summed E-state index contributed by atoms with van der Waals surface area (Å²) in [4.78, 5) is 0. The largest absolute Gasteiger partial charge is 0.221 e. The lowest BCUT2D eigenvalue weighted by Gasteiger charge is -2.27. The summed E-state index contributed by atoms with van der Waals surface area (Å²) in [5.74, 6) is 0. The molecular weight excluding hydrogens is 214 g/mol. The Balaban J connectivity index is 1.99. The third-order valence-electron chi connectivity index (χ3n) is 3.27. The second-order valence-electron chi connectivity index (χ2n) is 4.49. The number of hydrogen-bond donors (Lipinski definition) is 2. The lowest BCUT2D eigenvalue weighted by Crippen LogP contribution is -2.47. The molecule has 2 rings (SSSR count). The van der Waals surface area contributed by atoms with Gasteiger partial charge in [0.05, 0.1) is 12.1 Å². The second kappa shape index (κ2) is 5.79. The van der Waals surface area contributed by atoms with Gasteiger partial charge in [-0.25, -0.2) is 10.9 Å². The Kier molecular flexibility index (Phi) is 4.11. The van der Waals surface area contributed by atoms with Gasteiger partial charge in [-0.15, -0.1) is 0 Å². The van der Waals surface area contributed by atoms with Crippen LogP contribution in [0, 0.1) is 22.7 Å². The number of nitriles is 2. The lowest BCUT2D eigenvalue weighted by molar-refractivity contribution is 0.0980. The van der Waals surface area contributed by atoms with Crippen molar-refractivity contribution < 1.29 is 0 Å². The van der Waals surface area contributed by atoms with Crippen LogP contribution in [-0.2, 0) is 0 Å². The van der Waals surface area contributed by atoms with Crippen LogP contribution in [0.25, 0.3) is 0 Å². The van der Waals surface area contributed by atoms with Gasteiger partial charge in [0.2, 0.25) is 0 Å². The SMILES string of the molecule is N#CC1NN(C2CC=CCCCC2)NC1C#N. The molecule has 1 heterocycles. The minimum atomic E-state index is -0.450. The van der Waals surface area contributed by atoms with Crippen LogP contribution in [0.4, 0.5) is 0 Å². The van der Waals surface area contributed by atoms with E-state index in [1.807, 2.05) is 5.12 Å². The smallest absolute Gasteiger partial charge is 0.139 e. The van der Waals surface area contributed by atoms with E-state index in [-0.39, 0.29) is 0 Å². The number of allylic oxidation sites excluding steroid dienone is 1. The van der Waals surface area contributed by atoms with Gasteiger partial charge in [-0.2, -0.15) is 15.6 Å². The topological polar surface area (TPSA) is 74.9 Å². The first-order valence-electron chi connectivity index (χ1n) is 6.11. The highest BCUT2D eigenvalue weighted by atomic mass is 15.8. The van der Waals surface area contributed by atoms with Crippen molar-refractivity contribution in [1.29, 1.82) is 10.5 Å². The molecule has 1 aliphatic heterocycles. The number of nitrogens with zero attached hydrogens (tertiary/aromatic N) is 3. The highest BCUT2D eigenvalue weighted by Gasteiger charge is 2.35. The Morgan fingerprint density at radius 1 is 1.06 bits per heavy atom. The highest BCUT2D eigenvalue weighted by Crippen LogP contribution is 2.18. The van der Waals surface area contributed by atoms with Gasteiger partial charge < -0.3 is 0 Å². The van der Waals surface area contributed by atoms with Crippen LogP contribution < -0.4 is 10.9 Å². The van der Waals surface area contributed by atoms with E-state index in [0.717, 1.165) is 19.3 Å². The van der Waals surface area contributed by atoms with E-state index in [0.29, 0.717) is 6.04 Å². The number of rotatable bonds is 1. The van der Waals surface area contributed by atoms with Crippen LogP contribution >= 0.6 is 0 Å². The summed E-state index contributed by atoms with van der Waals surface area (Å²) >= 11 is 0. The third-order valence-corrected chi connectivity index (χ3v) is 3.27. The molecular formula is C12H17N5. The fraction of sp³-hybridized carbons (Fsp3) is 0.667. The van der Waals surface area contributed by atoms with Crippen LogP contribution in [-0.4, -0.2) is 23.2 Å². The minimum absolute atomic E-state index is 0.320. The maximum absolute atomic E-state index is 8.94. The summed E-state index contributed by atoms with van der Waals surface area (Å²) in [6.45, 7) is 0. The van der Waals surface area contributed by atoms with E-state index in [4.69, 9.17) is 10.5 Å². The molecule has 1 fully saturated rings. The van der Waals surface area contributed by atoms with Gasteiger partial charge in [0.15, 0.2) is 0 Å². The average molecular weight is 231 g/mol. The fourth-order valence-corrected chi connectivity index (χ4v) is 2.27. The van der Waals surface area contributed by atoms with Gasteiger partial charge >= 0.3 is 0 Å². The number of nitrogens with one attached hydrogen (secondary N) is 2. The molecule has 17 heavy (non-hydrogen) atoms. The zero-order chi connectivity index (χ0) is 12.1. The first-order valence-corrected chi connectivity index (χ1v) is 6.11. The molecule has 2 N–H and O–H groups in total. The summed E-state index contributed by atoms with van der Waals surface area (Å²) in [6, 6.07) is 3.63. The van der Waals surface area contributed by atoms with Crippen molar-refractivity contribution in [3.63, 3.8) is 0 Å². The highest BCUT2D eigenvalue weighted by molar-refractivity contribution is 5.11. The van der Waals surface area contributed by atoms with Gasteiger partial charge in [0.1, 0.15) is 12.1 Å². The monoisotopic (exact) mass is 231 g/mol. The van der Waals surface area contributed by atoms with Crippen molar-refractivity contribution in [2.45, 2.75) is 50.2 Å². The Bertz CT molecular complexity index is 342. The first-order chi connectivity index (χ1) is 8.35. The molecule has 90 valence electrons. The maximum atomic E-state index is 8.94. The second-order valence-corrected chi connectivity index (χ2v) is 4.49. The molecule has 1 saturated heterocycles. The average Bonchev–Trinajstić information content (AvgIpc) is 2.71. The molecule has 0 bridgehead atoms. The van der Waals surface area contributed by atoms with E-state index in [1.165, 1.54) is 12.8 Å². The van der Waals surface area contributed by atoms with Crippen LogP contribution in [0.2, 0.25) is 0 Å². The fourth-order valence-electron chi connectivity index (χ4n) is 2.27. The predicted octanol–water partition coefficient (Wildman–Crippen LogP) is 0.984. The summed E-state index contributed by atoms with van der Waals surface area (Å²) < 4.78 is 0. The molecule has 0 aromatic heterocycles. The van der Waals surface area contributed by atoms with Crippen LogP contribution in [0.3, 0.4) is 0 Å². The summed E-state index contributed by atoms with van der Waals surface area (Å²) in [7, 11) is 0. The maximum Gasteiger partial charge on any atom is 0.139 e. The van der Waals surface area contributed by atoms with Crippen molar-refractivity contribution in [2.75, 3.05) is 0 Å². The van der Waals surface area contributed by atoms with Gasteiger partial charge in [-0.1, -0.05) is 18.6 Å². The molecule has 1 aliphatic carbocycles. The summed E-state index contributed by atoms with van der Waals surface area (Å²) in [5.41, 5.74) is 6.13. The van der Waals surface area contributed by atoms with E-state index in [9.17, 15) is 0 Å². The van der Waals surface area contributed by atoms with Crippen molar-refractivity contribution in [1.82, 2.24) is 16.0 Å². The zero-order valence-electron chi connectivity index (χ0n) is 9.76. The zero-order valence-corrected chi connectivity index (χ0v) is 9.76. The van der Waals surface area contributed by atoms with E-state index in [2.05, 4.69) is 35.1 Å². The molecule has 0 amide bonds. The van der Waals surface area contributed by atoms with Crippen LogP contribution in [0.1, 0.15) is 32.1 Å². The molecule has 3 atom stereocenters. The molecule has 0 saturated carbocycles. The standard InChI is InChI=1S/C12H17N5/c13-8-11-12(9-14)16-17(15-11)10-6-4-2-1-3-5-7-10/h2,4,10-12,15-16H,1,3,5-7H2. The van der Waals surface area contributed by atoms with Gasteiger partial charge in [0, 0.05) is 6.04 Å². The lowest BCUT2D eigenvalue weighted by atomic mass is 10.0. The summed E-state index contributed by atoms with van der Waals surface area (Å²) in [6.07, 6.45) is 10.00. The van der Waals surface area contributed by atoms with Crippen LogP contribution in [0.5, 0.6) is 0 Å². The summed E-state index contributed by atoms with van der Waals surface area (Å²) in [5, 5.41) is 19.7. The molecule has 5 heteroatoms. The van der Waals surface area contributed by atoms with Crippen LogP contribution in [0.15, 0.2) is 12.2 Å². The molecule has 0 aromatic carbocycles. The Morgan fingerprint density at radius 2 is 1.76 bits per heavy atom. The predicted molar refractivity (Wildman–Crippen MR) is 62.9 cm³/mol. The minimum Gasteiger partial charge on any atom is -0.221 e. The molecule has 0 radical (unpaired) electrons. The van der Waals surface area contributed by atoms with Crippen molar-refractivity contribution in [2.24, 2.45) is 0 Å².